The van der Waals surface area contributed by atoms with E-state index < -0.39 is 6.09 Å². The third-order valence-electron chi connectivity index (χ3n) is 1.08. The highest BCUT2D eigenvalue weighted by atomic mass is 16.7. The molecule has 0 atom stereocenters. The lowest BCUT2D eigenvalue weighted by Crippen LogP contribution is -2.10. The minimum absolute atomic E-state index is 0.782. The fourth-order valence-corrected chi connectivity index (χ4v) is 0.489. The third kappa shape index (κ3) is 3.88. The van der Waals surface area contributed by atoms with Gasteiger partial charge in [0.25, 0.3) is 0 Å². The van der Waals surface area contributed by atoms with Gasteiger partial charge in [0.15, 0.2) is 0 Å². The monoisotopic (exact) mass is 144 g/mol. The van der Waals surface area contributed by atoms with E-state index in [1.165, 1.54) is 0 Å². The molecule has 0 unspecified atom stereocenters. The summed E-state index contributed by atoms with van der Waals surface area (Å²) < 4.78 is 0. The van der Waals surface area contributed by atoms with Crippen LogP contribution in [-0.2, 0) is 4.84 Å². The highest BCUT2D eigenvalue weighted by Crippen LogP contribution is 1.91. The van der Waals surface area contributed by atoms with E-state index in [2.05, 4.69) is 15.7 Å². The summed E-state index contributed by atoms with van der Waals surface area (Å²) in [7, 11) is 0. The summed E-state index contributed by atoms with van der Waals surface area (Å²) in [5.41, 5.74) is 5.51. The Morgan fingerprint density at radius 2 is 2.00 bits per heavy atom. The van der Waals surface area contributed by atoms with Crippen LogP contribution in [0.15, 0.2) is 5.16 Å². The fraction of sp³-hybridized carbons (Fsp3) is 0.667. The molecule has 4 nitrogen and oxygen atoms in total. The second kappa shape index (κ2) is 4.78. The summed E-state index contributed by atoms with van der Waals surface area (Å²) in [5, 5.41) is 3.50. The summed E-state index contributed by atoms with van der Waals surface area (Å²) in [6, 6.07) is 0. The second-order valence-electron chi connectivity index (χ2n) is 1.77. The molecule has 0 aliphatic heterocycles. The van der Waals surface area contributed by atoms with E-state index in [1.807, 2.05) is 13.8 Å². The average molecular weight is 144 g/mol. The van der Waals surface area contributed by atoms with E-state index in [-0.39, 0.29) is 0 Å². The van der Waals surface area contributed by atoms with E-state index in [0.717, 1.165) is 18.6 Å². The predicted molar refractivity (Wildman–Crippen MR) is 38.7 cm³/mol. The molecular weight excluding hydrogens is 132 g/mol. The van der Waals surface area contributed by atoms with Gasteiger partial charge in [0.2, 0.25) is 0 Å². The number of oxime groups is 1. The van der Waals surface area contributed by atoms with Crippen LogP contribution in [0.5, 0.6) is 0 Å². The molecule has 0 aliphatic carbocycles. The van der Waals surface area contributed by atoms with Gasteiger partial charge in [0, 0.05) is 0 Å². The Kier molecular flexibility index (Phi) is 4.28. The zero-order valence-electron chi connectivity index (χ0n) is 6.26. The first kappa shape index (κ1) is 8.94. The summed E-state index contributed by atoms with van der Waals surface area (Å²) in [5.74, 6) is 0. The highest BCUT2D eigenvalue weighted by Gasteiger charge is 1.94. The Morgan fingerprint density at radius 3 is 2.30 bits per heavy atom. The zero-order valence-corrected chi connectivity index (χ0v) is 6.26. The van der Waals surface area contributed by atoms with Gasteiger partial charge in [0.05, 0.1) is 5.71 Å². The minimum atomic E-state index is -0.862. The number of amides is 1. The lowest BCUT2D eigenvalue weighted by Gasteiger charge is -1.95. The van der Waals surface area contributed by atoms with Crippen molar-refractivity contribution in [1.82, 2.24) is 0 Å². The number of nitrogens with zero attached hydrogens (tertiary/aromatic N) is 1. The van der Waals surface area contributed by atoms with Crippen LogP contribution in [0, 0.1) is 0 Å². The number of primary amides is 1. The van der Waals surface area contributed by atoms with Gasteiger partial charge in [-0.3, -0.25) is 4.84 Å². The Labute approximate surface area is 60.0 Å². The van der Waals surface area contributed by atoms with Crippen LogP contribution in [0.2, 0.25) is 0 Å². The predicted octanol–water partition coefficient (Wildman–Crippen LogP) is 1.26. The average Bonchev–Trinajstić information content (AvgIpc) is 1.90. The van der Waals surface area contributed by atoms with Crippen LogP contribution in [-0.4, -0.2) is 11.8 Å². The molecule has 0 aliphatic rings. The Hall–Kier alpha value is -1.06. The maximum absolute atomic E-state index is 10.0. The van der Waals surface area contributed by atoms with Crippen LogP contribution in [0.1, 0.15) is 26.7 Å². The van der Waals surface area contributed by atoms with E-state index in [4.69, 9.17) is 0 Å². The summed E-state index contributed by atoms with van der Waals surface area (Å²) >= 11 is 0. The third-order valence-corrected chi connectivity index (χ3v) is 1.08. The molecule has 4 heteroatoms. The van der Waals surface area contributed by atoms with E-state index in [1.54, 1.807) is 0 Å². The van der Waals surface area contributed by atoms with Gasteiger partial charge in [-0.05, 0) is 12.8 Å². The number of carbonyl (C=O) groups is 1. The molecule has 0 aromatic rings. The van der Waals surface area contributed by atoms with Crippen LogP contribution in [0.25, 0.3) is 0 Å². The molecule has 0 saturated heterocycles. The van der Waals surface area contributed by atoms with Gasteiger partial charge in [-0.25, -0.2) is 4.79 Å². The SMILES string of the molecule is CCC(CC)=NOC(N)=O. The standard InChI is InChI=1S/C6H12N2O2/c1-3-5(4-2)8-10-6(7)9/h3-4H2,1-2H3,(H2,7,9). The van der Waals surface area contributed by atoms with E-state index >= 15 is 0 Å². The molecule has 0 rings (SSSR count). The van der Waals surface area contributed by atoms with Gasteiger partial charge in [-0.2, -0.15) is 0 Å². The van der Waals surface area contributed by atoms with Crippen LogP contribution < -0.4 is 5.73 Å². The van der Waals surface area contributed by atoms with Crippen molar-refractivity contribution in [3.8, 4) is 0 Å². The van der Waals surface area contributed by atoms with Crippen LogP contribution in [0.3, 0.4) is 0 Å². The number of carbonyl (C=O) groups excluding carboxylic acids is 1. The molecule has 0 saturated carbocycles. The van der Waals surface area contributed by atoms with Crippen molar-refractivity contribution < 1.29 is 9.63 Å². The Morgan fingerprint density at radius 1 is 1.50 bits per heavy atom. The molecule has 0 aromatic heterocycles. The zero-order chi connectivity index (χ0) is 7.98. The first-order chi connectivity index (χ1) is 4.70. The molecule has 0 spiro atoms. The number of nitrogens with two attached hydrogens (primary N) is 1. The van der Waals surface area contributed by atoms with Crippen molar-refractivity contribution in [3.05, 3.63) is 0 Å². The normalized spacial score (nSPS) is 8.60. The Balaban J connectivity index is 3.74. The molecule has 58 valence electrons. The molecule has 0 radical (unpaired) electrons. The van der Waals surface area contributed by atoms with Crippen LogP contribution >= 0.6 is 0 Å². The van der Waals surface area contributed by atoms with Crippen molar-refractivity contribution in [2.24, 2.45) is 10.9 Å². The smallest absolute Gasteiger partial charge is 0.333 e. The molecule has 1 amide bonds. The maximum Gasteiger partial charge on any atom is 0.430 e. The summed E-state index contributed by atoms with van der Waals surface area (Å²) in [6.45, 7) is 3.87. The second-order valence-corrected chi connectivity index (χ2v) is 1.77. The van der Waals surface area contributed by atoms with E-state index in [0.29, 0.717) is 0 Å². The van der Waals surface area contributed by atoms with Crippen molar-refractivity contribution in [3.63, 3.8) is 0 Å². The summed E-state index contributed by atoms with van der Waals surface area (Å²) in [6.07, 6.45) is 0.701. The van der Waals surface area contributed by atoms with Crippen molar-refractivity contribution in [1.29, 1.82) is 0 Å². The molecule has 0 fully saturated rings. The minimum Gasteiger partial charge on any atom is -0.333 e. The van der Waals surface area contributed by atoms with Crippen molar-refractivity contribution >= 4 is 11.8 Å². The largest absolute Gasteiger partial charge is 0.430 e. The highest BCUT2D eigenvalue weighted by molar-refractivity contribution is 5.84. The van der Waals surface area contributed by atoms with E-state index in [9.17, 15) is 4.79 Å². The fourth-order valence-electron chi connectivity index (χ4n) is 0.489. The topological polar surface area (TPSA) is 64.7 Å². The van der Waals surface area contributed by atoms with Crippen LogP contribution in [0.4, 0.5) is 4.79 Å². The maximum atomic E-state index is 10.0. The number of rotatable bonds is 3. The number of hydrogen-bond acceptors (Lipinski definition) is 3. The van der Waals surface area contributed by atoms with Crippen molar-refractivity contribution in [2.75, 3.05) is 0 Å². The molecular formula is C6H12N2O2. The first-order valence-electron chi connectivity index (χ1n) is 3.22. The molecule has 10 heavy (non-hydrogen) atoms. The van der Waals surface area contributed by atoms with Gasteiger partial charge in [-0.15, -0.1) is 0 Å². The van der Waals surface area contributed by atoms with Gasteiger partial charge >= 0.3 is 6.09 Å². The summed E-state index contributed by atoms with van der Waals surface area (Å²) in [4.78, 5) is 14.2. The molecule has 0 bridgehead atoms. The Bertz CT molecular complexity index is 137. The quantitative estimate of drug-likeness (QED) is 0.368. The van der Waals surface area contributed by atoms with Gasteiger partial charge < -0.3 is 5.73 Å². The molecule has 0 aromatic carbocycles. The van der Waals surface area contributed by atoms with Gasteiger partial charge in [-0.1, -0.05) is 19.0 Å². The molecule has 2 N–H and O–H groups in total. The van der Waals surface area contributed by atoms with Gasteiger partial charge in [0.1, 0.15) is 0 Å². The van der Waals surface area contributed by atoms with Crippen molar-refractivity contribution in [2.45, 2.75) is 26.7 Å². The first-order valence-corrected chi connectivity index (χ1v) is 3.22. The molecule has 0 heterocycles. The lowest BCUT2D eigenvalue weighted by molar-refractivity contribution is 0.161. The number of hydrogen-bond donors (Lipinski definition) is 1. The lowest BCUT2D eigenvalue weighted by atomic mass is 10.2.